The monoisotopic (exact) mass is 304 g/mol. The normalized spacial score (nSPS) is 10.1. The van der Waals surface area contributed by atoms with Crippen LogP contribution in [0.2, 0.25) is 0 Å². The van der Waals surface area contributed by atoms with Crippen molar-refractivity contribution in [1.29, 1.82) is 0 Å². The van der Waals surface area contributed by atoms with Crippen LogP contribution in [0.1, 0.15) is 18.9 Å². The molecule has 0 amide bonds. The summed E-state index contributed by atoms with van der Waals surface area (Å²) in [4.78, 5) is 11.2. The van der Waals surface area contributed by atoms with Crippen molar-refractivity contribution in [1.82, 2.24) is 0 Å². The van der Waals surface area contributed by atoms with Crippen LogP contribution in [0, 0.1) is 0 Å². The fourth-order valence-electron chi connectivity index (χ4n) is 1.37. The van der Waals surface area contributed by atoms with Crippen LogP contribution < -0.4 is 4.74 Å². The first kappa shape index (κ1) is 14.0. The van der Waals surface area contributed by atoms with Gasteiger partial charge in [0.2, 0.25) is 6.86 Å². The van der Waals surface area contributed by atoms with Crippen LogP contribution in [0.25, 0.3) is 0 Å². The Bertz CT molecular complexity index is 382. The molecule has 0 saturated heterocycles. The molecule has 1 aromatic rings. The number of halogens is 2. The maximum atomic E-state index is 12.0. The molecule has 0 unspecified atom stereocenters. The van der Waals surface area contributed by atoms with Crippen LogP contribution >= 0.6 is 15.9 Å². The van der Waals surface area contributed by atoms with Crippen LogP contribution in [-0.2, 0) is 16.0 Å². The minimum atomic E-state index is -0.862. The number of benzene rings is 1. The van der Waals surface area contributed by atoms with Gasteiger partial charge in [-0.3, -0.25) is 4.79 Å². The van der Waals surface area contributed by atoms with E-state index in [0.29, 0.717) is 25.2 Å². The molecule has 0 radical (unpaired) electrons. The summed E-state index contributed by atoms with van der Waals surface area (Å²) in [6, 6.07) is 5.14. The summed E-state index contributed by atoms with van der Waals surface area (Å²) in [7, 11) is 0. The van der Waals surface area contributed by atoms with Crippen LogP contribution in [0.15, 0.2) is 22.7 Å². The summed E-state index contributed by atoms with van der Waals surface area (Å²) in [5.41, 5.74) is 0.893. The lowest BCUT2D eigenvalue weighted by Gasteiger charge is -2.07. The fourth-order valence-corrected chi connectivity index (χ4v) is 1.81. The number of ether oxygens (including phenoxy) is 2. The van der Waals surface area contributed by atoms with E-state index in [1.807, 2.05) is 0 Å². The quantitative estimate of drug-likeness (QED) is 0.757. The first-order valence-corrected chi connectivity index (χ1v) is 6.09. The van der Waals surface area contributed by atoms with Gasteiger partial charge in [0, 0.05) is 10.9 Å². The minimum Gasteiger partial charge on any atom is -0.466 e. The molecule has 0 aliphatic heterocycles. The van der Waals surface area contributed by atoms with E-state index < -0.39 is 6.86 Å². The molecule has 0 bridgehead atoms. The van der Waals surface area contributed by atoms with Crippen LogP contribution in [-0.4, -0.2) is 19.4 Å². The Morgan fingerprint density at radius 3 is 2.88 bits per heavy atom. The molecular weight excluding hydrogens is 291 g/mol. The molecule has 0 aromatic heterocycles. The van der Waals surface area contributed by atoms with Crippen molar-refractivity contribution >= 4 is 21.9 Å². The Balaban J connectivity index is 2.62. The Morgan fingerprint density at radius 1 is 1.47 bits per heavy atom. The van der Waals surface area contributed by atoms with E-state index in [9.17, 15) is 9.18 Å². The first-order valence-electron chi connectivity index (χ1n) is 5.30. The van der Waals surface area contributed by atoms with Gasteiger partial charge >= 0.3 is 5.97 Å². The van der Waals surface area contributed by atoms with Gasteiger partial charge in [0.1, 0.15) is 5.75 Å². The van der Waals surface area contributed by atoms with Gasteiger partial charge in [-0.25, -0.2) is 4.39 Å². The maximum Gasteiger partial charge on any atom is 0.306 e. The summed E-state index contributed by atoms with van der Waals surface area (Å²) in [6.07, 6.45) is 0.828. The van der Waals surface area contributed by atoms with Gasteiger partial charge < -0.3 is 9.47 Å². The zero-order valence-electron chi connectivity index (χ0n) is 9.54. The van der Waals surface area contributed by atoms with Gasteiger partial charge in [-0.2, -0.15) is 0 Å². The highest BCUT2D eigenvalue weighted by Crippen LogP contribution is 2.24. The first-order chi connectivity index (χ1) is 8.17. The predicted molar refractivity (Wildman–Crippen MR) is 65.7 cm³/mol. The van der Waals surface area contributed by atoms with Gasteiger partial charge in [0.15, 0.2) is 0 Å². The number of alkyl halides is 1. The molecule has 0 N–H and O–H groups in total. The highest BCUT2D eigenvalue weighted by Gasteiger charge is 2.07. The molecule has 3 nitrogen and oxygen atoms in total. The highest BCUT2D eigenvalue weighted by molar-refractivity contribution is 9.10. The standard InChI is InChI=1S/C12H14BrFO3/c1-2-16-12(15)6-3-9-7-10(17-8-14)4-5-11(9)13/h4-5,7H,2-3,6,8H2,1H3. The molecule has 17 heavy (non-hydrogen) atoms. The summed E-state index contributed by atoms with van der Waals surface area (Å²) in [6.45, 7) is 1.29. The number of hydrogen-bond donors (Lipinski definition) is 0. The molecule has 94 valence electrons. The lowest BCUT2D eigenvalue weighted by Crippen LogP contribution is -2.05. The Labute approximate surface area is 108 Å². The van der Waals surface area contributed by atoms with E-state index in [4.69, 9.17) is 9.47 Å². The van der Waals surface area contributed by atoms with Crippen molar-refractivity contribution in [2.24, 2.45) is 0 Å². The molecule has 0 aliphatic carbocycles. The molecule has 0 fully saturated rings. The molecule has 1 rings (SSSR count). The largest absolute Gasteiger partial charge is 0.466 e. The topological polar surface area (TPSA) is 35.5 Å². The number of aryl methyl sites for hydroxylation is 1. The number of carbonyl (C=O) groups is 1. The second-order valence-electron chi connectivity index (χ2n) is 3.31. The third-order valence-electron chi connectivity index (χ3n) is 2.14. The third-order valence-corrected chi connectivity index (χ3v) is 2.92. The molecule has 0 aliphatic rings. The second kappa shape index (κ2) is 7.27. The Morgan fingerprint density at radius 2 is 2.24 bits per heavy atom. The van der Waals surface area contributed by atoms with Gasteiger partial charge in [-0.15, -0.1) is 0 Å². The average molecular weight is 305 g/mol. The van der Waals surface area contributed by atoms with E-state index in [0.717, 1.165) is 10.0 Å². The van der Waals surface area contributed by atoms with Crippen molar-refractivity contribution in [3.63, 3.8) is 0 Å². The second-order valence-corrected chi connectivity index (χ2v) is 4.17. The SMILES string of the molecule is CCOC(=O)CCc1cc(OCF)ccc1Br. The lowest BCUT2D eigenvalue weighted by molar-refractivity contribution is -0.143. The molecular formula is C12H14BrFO3. The van der Waals surface area contributed by atoms with Crippen molar-refractivity contribution in [2.45, 2.75) is 19.8 Å². The lowest BCUT2D eigenvalue weighted by atomic mass is 10.1. The number of rotatable bonds is 6. The van der Waals surface area contributed by atoms with Crippen molar-refractivity contribution < 1.29 is 18.7 Å². The zero-order chi connectivity index (χ0) is 12.7. The fraction of sp³-hybridized carbons (Fsp3) is 0.417. The smallest absolute Gasteiger partial charge is 0.306 e. The molecule has 1 aromatic carbocycles. The average Bonchev–Trinajstić information content (AvgIpc) is 2.30. The molecule has 5 heteroatoms. The van der Waals surface area contributed by atoms with Gasteiger partial charge in [0.25, 0.3) is 0 Å². The summed E-state index contributed by atoms with van der Waals surface area (Å²) in [5, 5.41) is 0. The van der Waals surface area contributed by atoms with Gasteiger partial charge in [0.05, 0.1) is 6.61 Å². The van der Waals surface area contributed by atoms with Crippen LogP contribution in [0.3, 0.4) is 0 Å². The van der Waals surface area contributed by atoms with Crippen LogP contribution in [0.5, 0.6) is 5.75 Å². The highest BCUT2D eigenvalue weighted by atomic mass is 79.9. The summed E-state index contributed by atoms with van der Waals surface area (Å²) >= 11 is 3.37. The van der Waals surface area contributed by atoms with Crippen molar-refractivity contribution in [3.8, 4) is 5.75 Å². The van der Waals surface area contributed by atoms with Crippen molar-refractivity contribution in [2.75, 3.05) is 13.5 Å². The third kappa shape index (κ3) is 4.73. The van der Waals surface area contributed by atoms with Gasteiger partial charge in [-0.1, -0.05) is 15.9 Å². The molecule has 0 spiro atoms. The van der Waals surface area contributed by atoms with E-state index in [-0.39, 0.29) is 5.97 Å². The molecule has 0 atom stereocenters. The van der Waals surface area contributed by atoms with E-state index in [2.05, 4.69) is 15.9 Å². The molecule has 0 heterocycles. The Kier molecular flexibility index (Phi) is 5.97. The van der Waals surface area contributed by atoms with Crippen molar-refractivity contribution in [3.05, 3.63) is 28.2 Å². The summed E-state index contributed by atoms with van der Waals surface area (Å²) < 4.78 is 22.5. The van der Waals surface area contributed by atoms with E-state index in [1.54, 1.807) is 25.1 Å². The number of hydrogen-bond acceptors (Lipinski definition) is 3. The number of carbonyl (C=O) groups excluding carboxylic acids is 1. The number of esters is 1. The minimum absolute atomic E-state index is 0.240. The van der Waals surface area contributed by atoms with Gasteiger partial charge in [-0.05, 0) is 37.1 Å². The zero-order valence-corrected chi connectivity index (χ0v) is 11.1. The predicted octanol–water partition coefficient (Wildman–Crippen LogP) is 3.25. The summed E-state index contributed by atoms with van der Waals surface area (Å²) in [5.74, 6) is 0.214. The van der Waals surface area contributed by atoms with Crippen LogP contribution in [0.4, 0.5) is 4.39 Å². The maximum absolute atomic E-state index is 12.0. The Hall–Kier alpha value is -1.10. The molecule has 0 saturated carbocycles. The van der Waals surface area contributed by atoms with E-state index >= 15 is 0 Å². The van der Waals surface area contributed by atoms with E-state index in [1.165, 1.54) is 0 Å².